The first-order valence-corrected chi connectivity index (χ1v) is 5.97. The highest BCUT2D eigenvalue weighted by Gasteiger charge is 2.14. The zero-order valence-electron chi connectivity index (χ0n) is 10.2. The predicted octanol–water partition coefficient (Wildman–Crippen LogP) is 2.20. The van der Waals surface area contributed by atoms with Crippen LogP contribution in [-0.4, -0.2) is 15.0 Å². The Kier molecular flexibility index (Phi) is 2.87. The molecule has 0 spiro atoms. The van der Waals surface area contributed by atoms with E-state index in [0.29, 0.717) is 17.9 Å². The summed E-state index contributed by atoms with van der Waals surface area (Å²) in [6, 6.07) is 9.71. The minimum absolute atomic E-state index is 0.537. The lowest BCUT2D eigenvalue weighted by Gasteiger charge is -2.03. The number of nitrogens with two attached hydrogens (primary N) is 1. The standard InChI is InChI=1S/C15H12N4/c16-15-14(12-8-4-1-2-5-9-12)17-18-19(15)13-10-6-3-7-11-13/h1,3-4,6-8,10-11H,9,16H2. The molecule has 92 valence electrons. The lowest BCUT2D eigenvalue weighted by molar-refractivity contribution is 0.808. The number of anilines is 1. The number of para-hydroxylation sites is 1. The topological polar surface area (TPSA) is 56.7 Å². The summed E-state index contributed by atoms with van der Waals surface area (Å²) in [7, 11) is 0. The lowest BCUT2D eigenvalue weighted by Crippen LogP contribution is -2.02. The van der Waals surface area contributed by atoms with Crippen LogP contribution in [-0.2, 0) is 0 Å². The van der Waals surface area contributed by atoms with E-state index >= 15 is 0 Å². The SMILES string of the molecule is Nc1c(C2=CC=CC#CC2)nnn1-c1ccccc1. The van der Waals surface area contributed by atoms with Crippen molar-refractivity contribution in [2.75, 3.05) is 5.73 Å². The third-order valence-electron chi connectivity index (χ3n) is 2.87. The summed E-state index contributed by atoms with van der Waals surface area (Å²) in [4.78, 5) is 0. The van der Waals surface area contributed by atoms with Gasteiger partial charge in [0.05, 0.1) is 5.69 Å². The van der Waals surface area contributed by atoms with Crippen molar-refractivity contribution in [3.05, 3.63) is 54.3 Å². The van der Waals surface area contributed by atoms with Crippen LogP contribution in [0.3, 0.4) is 0 Å². The molecule has 0 saturated carbocycles. The second-order valence-electron chi connectivity index (χ2n) is 4.12. The maximum absolute atomic E-state index is 6.14. The van der Waals surface area contributed by atoms with E-state index in [1.165, 1.54) is 0 Å². The zero-order chi connectivity index (χ0) is 13.1. The molecule has 0 unspecified atom stereocenters. The van der Waals surface area contributed by atoms with Crippen LogP contribution in [0.1, 0.15) is 12.1 Å². The molecular weight excluding hydrogens is 236 g/mol. The van der Waals surface area contributed by atoms with Gasteiger partial charge in [-0.2, -0.15) is 4.68 Å². The van der Waals surface area contributed by atoms with Crippen molar-refractivity contribution in [3.8, 4) is 17.5 Å². The van der Waals surface area contributed by atoms with E-state index in [4.69, 9.17) is 5.73 Å². The van der Waals surface area contributed by atoms with Crippen LogP contribution in [0.15, 0.2) is 48.6 Å². The van der Waals surface area contributed by atoms with Gasteiger partial charge in [0, 0.05) is 6.42 Å². The average molecular weight is 248 g/mol. The van der Waals surface area contributed by atoms with Crippen LogP contribution in [0.2, 0.25) is 0 Å². The maximum atomic E-state index is 6.14. The van der Waals surface area contributed by atoms with E-state index in [2.05, 4.69) is 22.2 Å². The quantitative estimate of drug-likeness (QED) is 0.829. The summed E-state index contributed by atoms with van der Waals surface area (Å²) in [6.07, 6.45) is 6.30. The van der Waals surface area contributed by atoms with Crippen LogP contribution in [0.5, 0.6) is 0 Å². The van der Waals surface area contributed by atoms with Gasteiger partial charge in [-0.1, -0.05) is 47.4 Å². The van der Waals surface area contributed by atoms with E-state index in [0.717, 1.165) is 11.3 Å². The van der Waals surface area contributed by atoms with Gasteiger partial charge in [0.1, 0.15) is 5.69 Å². The number of nitrogens with zero attached hydrogens (tertiary/aromatic N) is 3. The molecular formula is C15H12N4. The highest BCUT2D eigenvalue weighted by molar-refractivity contribution is 5.74. The fourth-order valence-corrected chi connectivity index (χ4v) is 1.92. The summed E-state index contributed by atoms with van der Waals surface area (Å²) in [5.41, 5.74) is 8.73. The van der Waals surface area contributed by atoms with Crippen LogP contribution in [0.25, 0.3) is 11.3 Å². The Morgan fingerprint density at radius 1 is 1.21 bits per heavy atom. The maximum Gasteiger partial charge on any atom is 0.155 e. The van der Waals surface area contributed by atoms with Crippen molar-refractivity contribution < 1.29 is 0 Å². The second kappa shape index (κ2) is 4.83. The minimum atomic E-state index is 0.537. The van der Waals surface area contributed by atoms with Crippen LogP contribution < -0.4 is 5.73 Å². The highest BCUT2D eigenvalue weighted by atomic mass is 15.5. The Labute approximate surface area is 111 Å². The lowest BCUT2D eigenvalue weighted by atomic mass is 10.1. The molecule has 4 heteroatoms. The Morgan fingerprint density at radius 2 is 2.05 bits per heavy atom. The fourth-order valence-electron chi connectivity index (χ4n) is 1.92. The second-order valence-corrected chi connectivity index (χ2v) is 4.12. The van der Waals surface area contributed by atoms with Crippen molar-refractivity contribution in [2.45, 2.75) is 6.42 Å². The summed E-state index contributed by atoms with van der Waals surface area (Å²) >= 11 is 0. The molecule has 1 aromatic carbocycles. The van der Waals surface area contributed by atoms with Gasteiger partial charge in [-0.05, 0) is 23.8 Å². The molecule has 0 amide bonds. The Hall–Kier alpha value is -2.80. The Morgan fingerprint density at radius 3 is 2.89 bits per heavy atom. The van der Waals surface area contributed by atoms with Crippen molar-refractivity contribution in [1.29, 1.82) is 0 Å². The van der Waals surface area contributed by atoms with Gasteiger partial charge in [0.25, 0.3) is 0 Å². The summed E-state index contributed by atoms with van der Waals surface area (Å²) in [5, 5.41) is 8.30. The predicted molar refractivity (Wildman–Crippen MR) is 75.3 cm³/mol. The van der Waals surface area contributed by atoms with E-state index in [-0.39, 0.29) is 0 Å². The minimum Gasteiger partial charge on any atom is -0.382 e. The van der Waals surface area contributed by atoms with Crippen molar-refractivity contribution in [1.82, 2.24) is 15.0 Å². The normalized spacial score (nSPS) is 13.4. The first-order chi connectivity index (χ1) is 9.36. The van der Waals surface area contributed by atoms with Gasteiger partial charge in [-0.15, -0.1) is 5.10 Å². The number of hydrogen-bond acceptors (Lipinski definition) is 3. The van der Waals surface area contributed by atoms with Gasteiger partial charge < -0.3 is 5.73 Å². The number of hydrogen-bond donors (Lipinski definition) is 1. The monoisotopic (exact) mass is 248 g/mol. The molecule has 0 bridgehead atoms. The summed E-state index contributed by atoms with van der Waals surface area (Å²) < 4.78 is 1.64. The van der Waals surface area contributed by atoms with Gasteiger partial charge in [-0.25, -0.2) is 0 Å². The molecule has 0 atom stereocenters. The van der Waals surface area contributed by atoms with Gasteiger partial charge in [-0.3, -0.25) is 0 Å². The molecule has 0 saturated heterocycles. The molecule has 1 aromatic heterocycles. The summed E-state index contributed by atoms with van der Waals surface area (Å²) in [5.74, 6) is 6.50. The third kappa shape index (κ3) is 2.14. The summed E-state index contributed by atoms with van der Waals surface area (Å²) in [6.45, 7) is 0. The average Bonchev–Trinajstić information content (AvgIpc) is 2.67. The molecule has 3 rings (SSSR count). The molecule has 1 heterocycles. The van der Waals surface area contributed by atoms with Crippen LogP contribution in [0.4, 0.5) is 5.82 Å². The third-order valence-corrected chi connectivity index (χ3v) is 2.87. The fraction of sp³-hybridized carbons (Fsp3) is 0.0667. The number of allylic oxidation sites excluding steroid dienone is 4. The van der Waals surface area contributed by atoms with Crippen LogP contribution in [0, 0.1) is 11.8 Å². The van der Waals surface area contributed by atoms with Crippen molar-refractivity contribution in [3.63, 3.8) is 0 Å². The van der Waals surface area contributed by atoms with Gasteiger partial charge >= 0.3 is 0 Å². The molecule has 1 aliphatic carbocycles. The first kappa shape index (κ1) is 11.3. The van der Waals surface area contributed by atoms with Crippen LogP contribution >= 0.6 is 0 Å². The number of nitrogen functional groups attached to an aromatic ring is 1. The number of aromatic nitrogens is 3. The van der Waals surface area contributed by atoms with Crippen molar-refractivity contribution >= 4 is 11.4 Å². The molecule has 2 aromatic rings. The Balaban J connectivity index is 2.03. The molecule has 0 aliphatic heterocycles. The molecule has 19 heavy (non-hydrogen) atoms. The number of benzene rings is 1. The highest BCUT2D eigenvalue weighted by Crippen LogP contribution is 2.24. The molecule has 4 nitrogen and oxygen atoms in total. The van der Waals surface area contributed by atoms with E-state index < -0.39 is 0 Å². The van der Waals surface area contributed by atoms with E-state index in [1.807, 2.05) is 48.6 Å². The largest absolute Gasteiger partial charge is 0.382 e. The van der Waals surface area contributed by atoms with Crippen molar-refractivity contribution in [2.24, 2.45) is 0 Å². The molecule has 1 aliphatic rings. The molecule has 0 radical (unpaired) electrons. The van der Waals surface area contributed by atoms with Gasteiger partial charge in [0.2, 0.25) is 0 Å². The smallest absolute Gasteiger partial charge is 0.155 e. The van der Waals surface area contributed by atoms with E-state index in [9.17, 15) is 0 Å². The number of rotatable bonds is 2. The Bertz CT molecular complexity index is 712. The van der Waals surface area contributed by atoms with E-state index in [1.54, 1.807) is 4.68 Å². The first-order valence-electron chi connectivity index (χ1n) is 5.97. The van der Waals surface area contributed by atoms with Gasteiger partial charge in [0.15, 0.2) is 5.82 Å². The molecule has 2 N–H and O–H groups in total. The zero-order valence-corrected chi connectivity index (χ0v) is 10.2. The molecule has 0 fully saturated rings.